The molecule has 0 bridgehead atoms. The lowest BCUT2D eigenvalue weighted by molar-refractivity contribution is 0.0878. The summed E-state index contributed by atoms with van der Waals surface area (Å²) >= 11 is 0. The maximum absolute atomic E-state index is 9.41. The Hall–Kier alpha value is -1.49. The van der Waals surface area contributed by atoms with Gasteiger partial charge in [-0.05, 0) is 44.0 Å². The molecule has 0 fully saturated rings. The third-order valence-electron chi connectivity index (χ3n) is 3.34. The number of aliphatic hydroxyl groups is 2. The molecule has 1 heterocycles. The van der Waals surface area contributed by atoms with Crippen molar-refractivity contribution in [3.8, 4) is 0 Å². The Balaban J connectivity index is 2.06. The second-order valence-electron chi connectivity index (χ2n) is 5.81. The van der Waals surface area contributed by atoms with Crippen molar-refractivity contribution in [3.05, 3.63) is 42.1 Å². The van der Waals surface area contributed by atoms with Gasteiger partial charge in [-0.2, -0.15) is 0 Å². The fourth-order valence-corrected chi connectivity index (χ4v) is 2.27. The molecule has 1 aromatic carbocycles. The standard InChI is InChI=1S/C16H22N2O2/c1-16(2,18-10-14(20)11-19)9-12-5-6-15-13(8-12)4-3-7-17-15/h3-8,14,18-20H,9-11H2,1-2H3/t14-/m1/s1. The number of hydrogen-bond donors (Lipinski definition) is 3. The van der Waals surface area contributed by atoms with Crippen molar-refractivity contribution >= 4 is 10.9 Å². The van der Waals surface area contributed by atoms with E-state index >= 15 is 0 Å². The number of rotatable bonds is 6. The average molecular weight is 274 g/mol. The van der Waals surface area contributed by atoms with Gasteiger partial charge < -0.3 is 15.5 Å². The van der Waals surface area contributed by atoms with Crippen LogP contribution < -0.4 is 5.32 Å². The number of pyridine rings is 1. The normalized spacial score (nSPS) is 13.6. The number of benzene rings is 1. The van der Waals surface area contributed by atoms with Gasteiger partial charge in [0.05, 0.1) is 18.2 Å². The Kier molecular flexibility index (Phi) is 4.70. The summed E-state index contributed by atoms with van der Waals surface area (Å²) in [5.74, 6) is 0. The van der Waals surface area contributed by atoms with Gasteiger partial charge in [-0.15, -0.1) is 0 Å². The first-order valence-corrected chi connectivity index (χ1v) is 6.88. The molecule has 1 atom stereocenters. The summed E-state index contributed by atoms with van der Waals surface area (Å²) in [4.78, 5) is 4.31. The molecule has 4 heteroatoms. The first kappa shape index (κ1) is 14.9. The number of fused-ring (bicyclic) bond motifs is 1. The molecule has 0 saturated carbocycles. The monoisotopic (exact) mass is 274 g/mol. The molecule has 0 aliphatic rings. The second-order valence-corrected chi connectivity index (χ2v) is 5.81. The molecule has 0 radical (unpaired) electrons. The highest BCUT2D eigenvalue weighted by molar-refractivity contribution is 5.78. The number of aromatic nitrogens is 1. The lowest BCUT2D eigenvalue weighted by Gasteiger charge is -2.27. The van der Waals surface area contributed by atoms with E-state index in [1.165, 1.54) is 5.56 Å². The maximum Gasteiger partial charge on any atom is 0.0895 e. The summed E-state index contributed by atoms with van der Waals surface area (Å²) in [6.07, 6.45) is 1.93. The van der Waals surface area contributed by atoms with Gasteiger partial charge >= 0.3 is 0 Å². The van der Waals surface area contributed by atoms with Crippen molar-refractivity contribution in [2.75, 3.05) is 13.2 Å². The molecule has 0 aliphatic carbocycles. The van der Waals surface area contributed by atoms with Crippen LogP contribution in [0.3, 0.4) is 0 Å². The van der Waals surface area contributed by atoms with E-state index in [0.29, 0.717) is 6.54 Å². The minimum Gasteiger partial charge on any atom is -0.394 e. The smallest absolute Gasteiger partial charge is 0.0895 e. The van der Waals surface area contributed by atoms with Gasteiger partial charge in [-0.25, -0.2) is 0 Å². The summed E-state index contributed by atoms with van der Waals surface area (Å²) in [6, 6.07) is 10.3. The van der Waals surface area contributed by atoms with Crippen LogP contribution in [-0.2, 0) is 6.42 Å². The summed E-state index contributed by atoms with van der Waals surface area (Å²) < 4.78 is 0. The van der Waals surface area contributed by atoms with E-state index in [4.69, 9.17) is 5.11 Å². The molecular weight excluding hydrogens is 252 g/mol. The zero-order valence-electron chi connectivity index (χ0n) is 12.0. The van der Waals surface area contributed by atoms with Crippen LogP contribution in [0, 0.1) is 0 Å². The molecule has 0 amide bonds. The first-order valence-electron chi connectivity index (χ1n) is 6.88. The quantitative estimate of drug-likeness (QED) is 0.747. The van der Waals surface area contributed by atoms with E-state index in [1.54, 1.807) is 6.20 Å². The van der Waals surface area contributed by atoms with E-state index in [1.807, 2.05) is 12.1 Å². The largest absolute Gasteiger partial charge is 0.394 e. The lowest BCUT2D eigenvalue weighted by Crippen LogP contribution is -2.45. The third kappa shape index (κ3) is 4.00. The Bertz CT molecular complexity index is 569. The van der Waals surface area contributed by atoms with Crippen LogP contribution in [0.1, 0.15) is 19.4 Å². The second kappa shape index (κ2) is 6.31. The lowest BCUT2D eigenvalue weighted by atomic mass is 9.94. The Morgan fingerprint density at radius 3 is 2.85 bits per heavy atom. The van der Waals surface area contributed by atoms with Gasteiger partial charge in [0, 0.05) is 23.7 Å². The maximum atomic E-state index is 9.41. The highest BCUT2D eigenvalue weighted by Crippen LogP contribution is 2.18. The predicted octanol–water partition coefficient (Wildman–Crippen LogP) is 1.50. The molecule has 108 valence electrons. The minimum absolute atomic E-state index is 0.147. The fourth-order valence-electron chi connectivity index (χ4n) is 2.27. The fraction of sp³-hybridized carbons (Fsp3) is 0.438. The van der Waals surface area contributed by atoms with Gasteiger partial charge in [0.25, 0.3) is 0 Å². The number of nitrogens with zero attached hydrogens (tertiary/aromatic N) is 1. The number of nitrogens with one attached hydrogen (secondary N) is 1. The predicted molar refractivity (Wildman–Crippen MR) is 80.6 cm³/mol. The SMILES string of the molecule is CC(C)(Cc1ccc2ncccc2c1)NC[C@@H](O)CO. The molecule has 0 spiro atoms. The molecule has 2 aromatic rings. The Labute approximate surface area is 119 Å². The van der Waals surface area contributed by atoms with Crippen molar-refractivity contribution in [2.24, 2.45) is 0 Å². The minimum atomic E-state index is -0.713. The van der Waals surface area contributed by atoms with Gasteiger partial charge in [-0.3, -0.25) is 4.98 Å². The zero-order valence-corrected chi connectivity index (χ0v) is 12.0. The highest BCUT2D eigenvalue weighted by atomic mass is 16.3. The van der Waals surface area contributed by atoms with Gasteiger partial charge in [0.1, 0.15) is 0 Å². The number of aliphatic hydroxyl groups excluding tert-OH is 2. The molecule has 20 heavy (non-hydrogen) atoms. The van der Waals surface area contributed by atoms with Gasteiger partial charge in [-0.1, -0.05) is 12.1 Å². The van der Waals surface area contributed by atoms with Gasteiger partial charge in [0.2, 0.25) is 0 Å². The van der Waals surface area contributed by atoms with Gasteiger partial charge in [0.15, 0.2) is 0 Å². The molecule has 0 aliphatic heterocycles. The van der Waals surface area contributed by atoms with Crippen molar-refractivity contribution in [2.45, 2.75) is 31.9 Å². The summed E-state index contributed by atoms with van der Waals surface area (Å²) in [5.41, 5.74) is 2.07. The summed E-state index contributed by atoms with van der Waals surface area (Å²) in [6.45, 7) is 4.35. The van der Waals surface area contributed by atoms with E-state index < -0.39 is 6.10 Å². The van der Waals surface area contributed by atoms with E-state index in [9.17, 15) is 5.11 Å². The molecule has 4 nitrogen and oxygen atoms in total. The average Bonchev–Trinajstić information content (AvgIpc) is 2.44. The van der Waals surface area contributed by atoms with Crippen LogP contribution in [0.4, 0.5) is 0 Å². The molecule has 2 rings (SSSR count). The topological polar surface area (TPSA) is 65.4 Å². The van der Waals surface area contributed by atoms with Crippen LogP contribution in [0.2, 0.25) is 0 Å². The molecular formula is C16H22N2O2. The molecule has 0 unspecified atom stereocenters. The zero-order chi connectivity index (χ0) is 14.6. The number of hydrogen-bond acceptors (Lipinski definition) is 4. The first-order chi connectivity index (χ1) is 9.50. The Morgan fingerprint density at radius 2 is 2.10 bits per heavy atom. The number of β-amino-alcohol motifs (C(OH)–C–C–N with tert-alkyl or cyclic N) is 1. The third-order valence-corrected chi connectivity index (χ3v) is 3.34. The van der Waals surface area contributed by atoms with E-state index in [2.05, 4.69) is 42.3 Å². The Morgan fingerprint density at radius 1 is 1.30 bits per heavy atom. The van der Waals surface area contributed by atoms with Crippen molar-refractivity contribution < 1.29 is 10.2 Å². The summed E-state index contributed by atoms with van der Waals surface area (Å²) in [7, 11) is 0. The molecule has 3 N–H and O–H groups in total. The summed E-state index contributed by atoms with van der Waals surface area (Å²) in [5, 5.41) is 22.7. The van der Waals surface area contributed by atoms with Crippen LogP contribution >= 0.6 is 0 Å². The molecule has 0 saturated heterocycles. The van der Waals surface area contributed by atoms with Crippen LogP contribution in [0.5, 0.6) is 0 Å². The molecule has 1 aromatic heterocycles. The van der Waals surface area contributed by atoms with Crippen molar-refractivity contribution in [1.29, 1.82) is 0 Å². The van der Waals surface area contributed by atoms with Crippen LogP contribution in [0.15, 0.2) is 36.5 Å². The van der Waals surface area contributed by atoms with Crippen LogP contribution in [-0.4, -0.2) is 40.0 Å². The highest BCUT2D eigenvalue weighted by Gasteiger charge is 2.19. The van der Waals surface area contributed by atoms with Crippen molar-refractivity contribution in [1.82, 2.24) is 10.3 Å². The van der Waals surface area contributed by atoms with Crippen LogP contribution in [0.25, 0.3) is 10.9 Å². The van der Waals surface area contributed by atoms with E-state index in [0.717, 1.165) is 17.3 Å². The van der Waals surface area contributed by atoms with Crippen molar-refractivity contribution in [3.63, 3.8) is 0 Å². The van der Waals surface area contributed by atoms with E-state index in [-0.39, 0.29) is 12.1 Å².